The molecule has 1 aromatic heterocycles. The first-order valence-electron chi connectivity index (χ1n) is 6.86. The van der Waals surface area contributed by atoms with E-state index in [0.717, 1.165) is 0 Å². The predicted octanol–water partition coefficient (Wildman–Crippen LogP) is 2.45. The standard InChI is InChI=1S/C15H12ClFN2O4/c1-8-12(15(21)23-11-6-7-22-14(11)20)13(16)19(18-8)10-4-2-9(17)3-5-10/h2-5,11H,6-7H2,1H3/t11-/m0/s1. The van der Waals surface area contributed by atoms with Crippen LogP contribution in [0.3, 0.4) is 0 Å². The molecule has 6 nitrogen and oxygen atoms in total. The zero-order chi connectivity index (χ0) is 16.6. The molecule has 120 valence electrons. The summed E-state index contributed by atoms with van der Waals surface area (Å²) in [5.41, 5.74) is 0.908. The van der Waals surface area contributed by atoms with Gasteiger partial charge in [-0.3, -0.25) is 0 Å². The number of ether oxygens (including phenoxy) is 2. The van der Waals surface area contributed by atoms with Crippen LogP contribution in [0.25, 0.3) is 5.69 Å². The largest absolute Gasteiger partial charge is 0.463 e. The average molecular weight is 339 g/mol. The van der Waals surface area contributed by atoms with Crippen LogP contribution in [0, 0.1) is 12.7 Å². The fourth-order valence-electron chi connectivity index (χ4n) is 2.26. The van der Waals surface area contributed by atoms with Gasteiger partial charge in [-0.1, -0.05) is 11.6 Å². The van der Waals surface area contributed by atoms with Gasteiger partial charge in [-0.05, 0) is 31.2 Å². The third-order valence-electron chi connectivity index (χ3n) is 3.42. The number of cyclic esters (lactones) is 1. The minimum absolute atomic E-state index is 0.0328. The van der Waals surface area contributed by atoms with Crippen molar-refractivity contribution in [2.24, 2.45) is 0 Å². The predicted molar refractivity (Wildman–Crippen MR) is 78.0 cm³/mol. The topological polar surface area (TPSA) is 70.4 Å². The Morgan fingerprint density at radius 1 is 1.43 bits per heavy atom. The minimum atomic E-state index is -0.924. The van der Waals surface area contributed by atoms with Gasteiger partial charge in [-0.15, -0.1) is 0 Å². The van der Waals surface area contributed by atoms with Gasteiger partial charge in [0.15, 0.2) is 0 Å². The van der Waals surface area contributed by atoms with E-state index < -0.39 is 23.9 Å². The molecule has 0 unspecified atom stereocenters. The van der Waals surface area contributed by atoms with Gasteiger partial charge >= 0.3 is 11.9 Å². The number of carbonyl (C=O) groups is 2. The second-order valence-corrected chi connectivity index (χ2v) is 5.35. The highest BCUT2D eigenvalue weighted by Gasteiger charge is 2.32. The van der Waals surface area contributed by atoms with Crippen LogP contribution in [0.5, 0.6) is 0 Å². The molecule has 23 heavy (non-hydrogen) atoms. The van der Waals surface area contributed by atoms with E-state index in [0.29, 0.717) is 17.8 Å². The highest BCUT2D eigenvalue weighted by Crippen LogP contribution is 2.25. The van der Waals surface area contributed by atoms with Crippen molar-refractivity contribution in [1.29, 1.82) is 0 Å². The highest BCUT2D eigenvalue weighted by molar-refractivity contribution is 6.33. The molecule has 0 radical (unpaired) electrons. The van der Waals surface area contributed by atoms with Gasteiger partial charge in [-0.2, -0.15) is 5.10 Å². The lowest BCUT2D eigenvalue weighted by molar-refractivity contribution is -0.145. The van der Waals surface area contributed by atoms with Crippen LogP contribution < -0.4 is 0 Å². The molecule has 1 aliphatic heterocycles. The second-order valence-electron chi connectivity index (χ2n) is 4.99. The number of benzene rings is 1. The summed E-state index contributed by atoms with van der Waals surface area (Å²) in [6, 6.07) is 5.48. The number of esters is 2. The van der Waals surface area contributed by atoms with Crippen molar-refractivity contribution < 1.29 is 23.5 Å². The van der Waals surface area contributed by atoms with Crippen molar-refractivity contribution in [2.75, 3.05) is 6.61 Å². The molecule has 1 saturated heterocycles. The van der Waals surface area contributed by atoms with Crippen LogP contribution in [0.15, 0.2) is 24.3 Å². The number of rotatable bonds is 3. The van der Waals surface area contributed by atoms with E-state index in [1.54, 1.807) is 6.92 Å². The quantitative estimate of drug-likeness (QED) is 0.804. The maximum Gasteiger partial charge on any atom is 0.347 e. The van der Waals surface area contributed by atoms with Crippen molar-refractivity contribution in [1.82, 2.24) is 9.78 Å². The fourth-order valence-corrected chi connectivity index (χ4v) is 2.61. The Kier molecular flexibility index (Phi) is 4.04. The molecule has 8 heteroatoms. The molecule has 2 heterocycles. The smallest absolute Gasteiger partial charge is 0.347 e. The number of hydrogen-bond acceptors (Lipinski definition) is 5. The minimum Gasteiger partial charge on any atom is -0.463 e. The molecule has 1 aliphatic rings. The van der Waals surface area contributed by atoms with Crippen molar-refractivity contribution in [3.8, 4) is 5.69 Å². The summed E-state index contributed by atoms with van der Waals surface area (Å²) in [7, 11) is 0. The number of nitrogens with zero attached hydrogens (tertiary/aromatic N) is 2. The molecular weight excluding hydrogens is 327 g/mol. The highest BCUT2D eigenvalue weighted by atomic mass is 35.5. The van der Waals surface area contributed by atoms with E-state index in [1.807, 2.05) is 0 Å². The van der Waals surface area contributed by atoms with Gasteiger partial charge in [0.25, 0.3) is 0 Å². The van der Waals surface area contributed by atoms with E-state index in [1.165, 1.54) is 28.9 Å². The lowest BCUT2D eigenvalue weighted by Gasteiger charge is -2.08. The second kappa shape index (κ2) is 6.00. The molecule has 1 atom stereocenters. The fraction of sp³-hybridized carbons (Fsp3) is 0.267. The first-order valence-corrected chi connectivity index (χ1v) is 7.24. The number of halogens is 2. The van der Waals surface area contributed by atoms with E-state index >= 15 is 0 Å². The summed E-state index contributed by atoms with van der Waals surface area (Å²) in [6.45, 7) is 1.81. The molecule has 0 amide bonds. The molecular formula is C15H12ClFN2O4. The van der Waals surface area contributed by atoms with E-state index in [-0.39, 0.29) is 17.3 Å². The molecule has 0 bridgehead atoms. The van der Waals surface area contributed by atoms with Crippen molar-refractivity contribution in [3.05, 3.63) is 46.5 Å². The summed E-state index contributed by atoms with van der Waals surface area (Å²) in [6.07, 6.45) is -0.611. The van der Waals surface area contributed by atoms with Gasteiger partial charge in [-0.25, -0.2) is 18.7 Å². The molecule has 2 aromatic rings. The lowest BCUT2D eigenvalue weighted by Crippen LogP contribution is -2.23. The zero-order valence-corrected chi connectivity index (χ0v) is 12.8. The maximum absolute atomic E-state index is 13.0. The Bertz CT molecular complexity index is 773. The lowest BCUT2D eigenvalue weighted by atomic mass is 10.2. The van der Waals surface area contributed by atoms with Gasteiger partial charge < -0.3 is 9.47 Å². The molecule has 0 saturated carbocycles. The molecule has 3 rings (SSSR count). The SMILES string of the molecule is Cc1nn(-c2ccc(F)cc2)c(Cl)c1C(=O)O[C@H]1CCOC1=O. The van der Waals surface area contributed by atoms with Crippen molar-refractivity contribution >= 4 is 23.5 Å². The van der Waals surface area contributed by atoms with Crippen LogP contribution in [-0.4, -0.2) is 34.4 Å². The molecule has 1 aromatic carbocycles. The van der Waals surface area contributed by atoms with Crippen LogP contribution in [0.1, 0.15) is 22.5 Å². The first kappa shape index (κ1) is 15.5. The monoisotopic (exact) mass is 338 g/mol. The normalized spacial score (nSPS) is 17.2. The number of aromatic nitrogens is 2. The van der Waals surface area contributed by atoms with Crippen molar-refractivity contribution in [2.45, 2.75) is 19.4 Å². The third-order valence-corrected chi connectivity index (χ3v) is 3.77. The summed E-state index contributed by atoms with van der Waals surface area (Å²) in [5.74, 6) is -1.71. The van der Waals surface area contributed by atoms with Crippen LogP contribution in [0.2, 0.25) is 5.15 Å². The van der Waals surface area contributed by atoms with Crippen LogP contribution in [0.4, 0.5) is 4.39 Å². The summed E-state index contributed by atoms with van der Waals surface area (Å²) < 4.78 is 24.2. The number of hydrogen-bond donors (Lipinski definition) is 0. The van der Waals surface area contributed by atoms with Gasteiger partial charge in [0.05, 0.1) is 18.0 Å². The summed E-state index contributed by atoms with van der Waals surface area (Å²) >= 11 is 6.21. The Morgan fingerprint density at radius 3 is 2.74 bits per heavy atom. The van der Waals surface area contributed by atoms with Crippen molar-refractivity contribution in [3.63, 3.8) is 0 Å². The van der Waals surface area contributed by atoms with E-state index in [2.05, 4.69) is 5.10 Å². The number of aryl methyl sites for hydroxylation is 1. The Hall–Kier alpha value is -2.41. The molecule has 1 fully saturated rings. The number of carbonyl (C=O) groups excluding carboxylic acids is 2. The van der Waals surface area contributed by atoms with Gasteiger partial charge in [0, 0.05) is 6.42 Å². The molecule has 0 spiro atoms. The van der Waals surface area contributed by atoms with E-state index in [9.17, 15) is 14.0 Å². The summed E-state index contributed by atoms with van der Waals surface area (Å²) in [4.78, 5) is 23.6. The maximum atomic E-state index is 13.0. The third kappa shape index (κ3) is 2.92. The van der Waals surface area contributed by atoms with Crippen LogP contribution >= 0.6 is 11.6 Å². The average Bonchev–Trinajstić information content (AvgIpc) is 3.03. The Balaban J connectivity index is 1.89. The first-order chi connectivity index (χ1) is 11.0. The van der Waals surface area contributed by atoms with E-state index in [4.69, 9.17) is 21.1 Å². The Morgan fingerprint density at radius 2 is 2.13 bits per heavy atom. The molecule has 0 aliphatic carbocycles. The van der Waals surface area contributed by atoms with Gasteiger partial charge in [0.1, 0.15) is 16.5 Å². The van der Waals surface area contributed by atoms with Crippen LogP contribution in [-0.2, 0) is 14.3 Å². The summed E-state index contributed by atoms with van der Waals surface area (Å²) in [5, 5.41) is 4.20. The Labute approximate surface area is 135 Å². The zero-order valence-electron chi connectivity index (χ0n) is 12.1. The van der Waals surface area contributed by atoms with Gasteiger partial charge in [0.2, 0.25) is 6.10 Å². The molecule has 0 N–H and O–H groups in total.